The molecule has 0 unspecified atom stereocenters. The first-order valence-electron chi connectivity index (χ1n) is 13.4. The van der Waals surface area contributed by atoms with Crippen molar-refractivity contribution in [3.05, 3.63) is 103 Å². The van der Waals surface area contributed by atoms with E-state index >= 15 is 0 Å². The molecule has 1 saturated heterocycles. The molecular weight excluding hydrogens is 468 g/mol. The van der Waals surface area contributed by atoms with E-state index in [1.54, 1.807) is 0 Å². The standard InChI is InChI=1S/C32H32N6/c1-23(35-28-12-14-30(34-21-28)25-9-5-4-6-10-25)32-29-18-26(11-13-31(29)36-37-32)27-17-24(19-33-20-27)22-38-15-7-2-3-8-16-38/h4-6,9-14,17-21,35H,1-3,7-8,15-16,22H2,(H,36,37). The van der Waals surface area contributed by atoms with E-state index in [0.717, 1.165) is 56.9 Å². The van der Waals surface area contributed by atoms with Crippen LogP contribution in [-0.2, 0) is 6.54 Å². The number of pyridine rings is 2. The molecule has 1 aliphatic heterocycles. The minimum atomic E-state index is 0.718. The van der Waals surface area contributed by atoms with E-state index in [2.05, 4.69) is 73.4 Å². The molecule has 0 bridgehead atoms. The average Bonchev–Trinajstić information content (AvgIpc) is 3.22. The number of rotatable bonds is 7. The molecule has 1 fully saturated rings. The molecule has 4 heterocycles. The molecule has 0 aliphatic carbocycles. The molecule has 5 aromatic rings. The fourth-order valence-electron chi connectivity index (χ4n) is 5.19. The monoisotopic (exact) mass is 500 g/mol. The summed E-state index contributed by atoms with van der Waals surface area (Å²) >= 11 is 0. The number of nitrogens with one attached hydrogen (secondary N) is 2. The van der Waals surface area contributed by atoms with Crippen molar-refractivity contribution in [2.75, 3.05) is 18.4 Å². The number of anilines is 1. The number of aromatic amines is 1. The Kier molecular flexibility index (Phi) is 6.96. The smallest absolute Gasteiger partial charge is 0.116 e. The summed E-state index contributed by atoms with van der Waals surface area (Å²) in [6.45, 7) is 7.58. The maximum absolute atomic E-state index is 4.61. The number of H-pyrrole nitrogens is 1. The molecule has 2 aromatic carbocycles. The number of hydrogen-bond acceptors (Lipinski definition) is 5. The van der Waals surface area contributed by atoms with E-state index in [0.29, 0.717) is 0 Å². The number of nitrogens with zero attached hydrogens (tertiary/aromatic N) is 4. The van der Waals surface area contributed by atoms with Crippen molar-refractivity contribution in [2.24, 2.45) is 0 Å². The lowest BCUT2D eigenvalue weighted by Crippen LogP contribution is -2.24. The van der Waals surface area contributed by atoms with Crippen LogP contribution in [0.5, 0.6) is 0 Å². The van der Waals surface area contributed by atoms with Crippen molar-refractivity contribution >= 4 is 22.3 Å². The Morgan fingerprint density at radius 1 is 0.842 bits per heavy atom. The van der Waals surface area contributed by atoms with E-state index in [9.17, 15) is 0 Å². The number of hydrogen-bond donors (Lipinski definition) is 2. The zero-order valence-corrected chi connectivity index (χ0v) is 21.5. The summed E-state index contributed by atoms with van der Waals surface area (Å²) in [5, 5.41) is 12.1. The van der Waals surface area contributed by atoms with E-state index in [1.807, 2.05) is 48.9 Å². The normalized spacial score (nSPS) is 14.3. The molecule has 38 heavy (non-hydrogen) atoms. The van der Waals surface area contributed by atoms with Gasteiger partial charge in [-0.05, 0) is 67.4 Å². The fraction of sp³-hybridized carbons (Fsp3) is 0.219. The second-order valence-electron chi connectivity index (χ2n) is 10.0. The largest absolute Gasteiger partial charge is 0.353 e. The lowest BCUT2D eigenvalue weighted by Gasteiger charge is -2.19. The van der Waals surface area contributed by atoms with E-state index in [4.69, 9.17) is 0 Å². The highest BCUT2D eigenvalue weighted by Crippen LogP contribution is 2.29. The molecular formula is C32H32N6. The second-order valence-corrected chi connectivity index (χ2v) is 10.0. The van der Waals surface area contributed by atoms with Crippen molar-refractivity contribution < 1.29 is 0 Å². The van der Waals surface area contributed by atoms with Gasteiger partial charge in [0, 0.05) is 35.5 Å². The van der Waals surface area contributed by atoms with Crippen LogP contribution in [0.25, 0.3) is 39.0 Å². The number of likely N-dealkylation sites (tertiary alicyclic amines) is 1. The maximum Gasteiger partial charge on any atom is 0.116 e. The Labute approximate surface area is 223 Å². The van der Waals surface area contributed by atoms with Crippen LogP contribution in [-0.4, -0.2) is 38.2 Å². The summed E-state index contributed by atoms with van der Waals surface area (Å²) in [6, 6.07) is 22.8. The minimum absolute atomic E-state index is 0.718. The number of fused-ring (bicyclic) bond motifs is 1. The van der Waals surface area contributed by atoms with Crippen molar-refractivity contribution in [1.29, 1.82) is 0 Å². The molecule has 3 aromatic heterocycles. The van der Waals surface area contributed by atoms with Gasteiger partial charge in [0.1, 0.15) is 5.69 Å². The summed E-state index contributed by atoms with van der Waals surface area (Å²) in [5.74, 6) is 0. The third kappa shape index (κ3) is 5.36. The molecule has 0 atom stereocenters. The summed E-state index contributed by atoms with van der Waals surface area (Å²) in [7, 11) is 0. The average molecular weight is 501 g/mol. The summed E-state index contributed by atoms with van der Waals surface area (Å²) < 4.78 is 0. The van der Waals surface area contributed by atoms with Gasteiger partial charge in [0.2, 0.25) is 0 Å². The van der Waals surface area contributed by atoms with E-state index < -0.39 is 0 Å². The van der Waals surface area contributed by atoms with Crippen molar-refractivity contribution in [1.82, 2.24) is 25.1 Å². The van der Waals surface area contributed by atoms with E-state index in [1.165, 1.54) is 44.3 Å². The molecule has 0 saturated carbocycles. The lowest BCUT2D eigenvalue weighted by atomic mass is 10.0. The predicted molar refractivity (Wildman–Crippen MR) is 155 cm³/mol. The second kappa shape index (κ2) is 11.0. The molecule has 0 amide bonds. The molecule has 1 aliphatic rings. The molecule has 0 radical (unpaired) electrons. The van der Waals surface area contributed by atoms with Crippen LogP contribution in [0.1, 0.15) is 36.9 Å². The first-order chi connectivity index (χ1) is 18.7. The summed E-state index contributed by atoms with van der Waals surface area (Å²) in [6.07, 6.45) is 11.0. The SMILES string of the molecule is C=C(Nc1ccc(-c2ccccc2)nc1)c1n[nH]c2ccc(-c3cncc(CN4CCCCCC4)c3)cc12. The maximum atomic E-state index is 4.61. The van der Waals surface area contributed by atoms with Gasteiger partial charge in [-0.25, -0.2) is 0 Å². The van der Waals surface area contributed by atoms with Gasteiger partial charge in [-0.1, -0.05) is 55.8 Å². The zero-order valence-electron chi connectivity index (χ0n) is 21.5. The van der Waals surface area contributed by atoms with Crippen LogP contribution >= 0.6 is 0 Å². The molecule has 190 valence electrons. The van der Waals surface area contributed by atoms with Crippen LogP contribution < -0.4 is 5.32 Å². The highest BCUT2D eigenvalue weighted by Gasteiger charge is 2.13. The van der Waals surface area contributed by atoms with Gasteiger partial charge in [0.25, 0.3) is 0 Å². The van der Waals surface area contributed by atoms with E-state index in [-0.39, 0.29) is 0 Å². The van der Waals surface area contributed by atoms with Gasteiger partial charge in [-0.15, -0.1) is 0 Å². The Balaban J connectivity index is 1.21. The van der Waals surface area contributed by atoms with Gasteiger partial charge in [0.15, 0.2) is 0 Å². The highest BCUT2D eigenvalue weighted by atomic mass is 15.1. The van der Waals surface area contributed by atoms with Crippen LogP contribution in [0.2, 0.25) is 0 Å². The predicted octanol–water partition coefficient (Wildman–Crippen LogP) is 7.15. The molecule has 6 nitrogen and oxygen atoms in total. The Morgan fingerprint density at radius 3 is 2.47 bits per heavy atom. The van der Waals surface area contributed by atoms with Crippen molar-refractivity contribution in [3.8, 4) is 22.4 Å². The Morgan fingerprint density at radius 2 is 1.68 bits per heavy atom. The van der Waals surface area contributed by atoms with Crippen LogP contribution in [0.4, 0.5) is 5.69 Å². The van der Waals surface area contributed by atoms with Gasteiger partial charge < -0.3 is 5.32 Å². The topological polar surface area (TPSA) is 69.7 Å². The third-order valence-electron chi connectivity index (χ3n) is 7.21. The van der Waals surface area contributed by atoms with Gasteiger partial charge in [-0.3, -0.25) is 20.0 Å². The van der Waals surface area contributed by atoms with Crippen molar-refractivity contribution in [3.63, 3.8) is 0 Å². The first-order valence-corrected chi connectivity index (χ1v) is 13.4. The van der Waals surface area contributed by atoms with Gasteiger partial charge in [-0.2, -0.15) is 5.10 Å². The molecule has 0 spiro atoms. The van der Waals surface area contributed by atoms with Crippen LogP contribution in [0.3, 0.4) is 0 Å². The van der Waals surface area contributed by atoms with Gasteiger partial charge in [0.05, 0.1) is 28.8 Å². The van der Waals surface area contributed by atoms with Crippen molar-refractivity contribution in [2.45, 2.75) is 32.2 Å². The highest BCUT2D eigenvalue weighted by molar-refractivity contribution is 5.95. The van der Waals surface area contributed by atoms with Gasteiger partial charge >= 0.3 is 0 Å². The number of benzene rings is 2. The molecule has 6 heteroatoms. The molecule has 2 N–H and O–H groups in total. The minimum Gasteiger partial charge on any atom is -0.353 e. The summed E-state index contributed by atoms with van der Waals surface area (Å²) in [4.78, 5) is 11.7. The fourth-order valence-corrected chi connectivity index (χ4v) is 5.19. The first kappa shape index (κ1) is 24.1. The Bertz CT molecular complexity index is 1530. The van der Waals surface area contributed by atoms with Crippen LogP contribution in [0, 0.1) is 0 Å². The zero-order chi connectivity index (χ0) is 25.7. The number of aromatic nitrogens is 4. The van der Waals surface area contributed by atoms with Crippen LogP contribution in [0.15, 0.2) is 91.9 Å². The lowest BCUT2D eigenvalue weighted by molar-refractivity contribution is 0.277. The third-order valence-corrected chi connectivity index (χ3v) is 7.21. The summed E-state index contributed by atoms with van der Waals surface area (Å²) in [5.41, 5.74) is 8.87. The Hall–Kier alpha value is -4.29. The molecule has 6 rings (SSSR count). The quantitative estimate of drug-likeness (QED) is 0.248.